The number of aryl methyl sites for hydroxylation is 1. The fraction of sp³-hybridized carbons (Fsp3) is 0.667. The van der Waals surface area contributed by atoms with Crippen molar-refractivity contribution in [2.24, 2.45) is 4.99 Å². The minimum Gasteiger partial charge on any atom is -0.497 e. The van der Waals surface area contributed by atoms with Crippen molar-refractivity contribution in [1.29, 1.82) is 0 Å². The zero-order valence-electron chi connectivity index (χ0n) is 16.7. The lowest BCUT2D eigenvalue weighted by molar-refractivity contribution is 0.242. The number of likely N-dealkylation sites (tertiary alicyclic amines) is 1. The minimum absolute atomic E-state index is 0. The van der Waals surface area contributed by atoms with Crippen molar-refractivity contribution in [1.82, 2.24) is 15.5 Å². The molecule has 1 saturated carbocycles. The lowest BCUT2D eigenvalue weighted by Crippen LogP contribution is -2.45. The lowest BCUT2D eigenvalue weighted by atomic mass is 10.1. The maximum absolute atomic E-state index is 5.20. The molecule has 1 aliphatic heterocycles. The van der Waals surface area contributed by atoms with Crippen molar-refractivity contribution < 1.29 is 4.74 Å². The van der Waals surface area contributed by atoms with Gasteiger partial charge in [-0.2, -0.15) is 0 Å². The molecule has 152 valence electrons. The molecule has 1 saturated heterocycles. The molecule has 0 amide bonds. The van der Waals surface area contributed by atoms with Crippen LogP contribution in [0.15, 0.2) is 29.3 Å². The monoisotopic (exact) mass is 486 g/mol. The number of hydrogen-bond acceptors (Lipinski definition) is 3. The van der Waals surface area contributed by atoms with E-state index in [0.717, 1.165) is 43.7 Å². The van der Waals surface area contributed by atoms with Crippen molar-refractivity contribution in [3.05, 3.63) is 29.8 Å². The van der Waals surface area contributed by atoms with Gasteiger partial charge in [-0.05, 0) is 49.8 Å². The molecule has 5 nitrogen and oxygen atoms in total. The van der Waals surface area contributed by atoms with E-state index < -0.39 is 0 Å². The summed E-state index contributed by atoms with van der Waals surface area (Å²) in [5.74, 6) is 1.86. The van der Waals surface area contributed by atoms with Gasteiger partial charge in [0.1, 0.15) is 5.75 Å². The van der Waals surface area contributed by atoms with Crippen molar-refractivity contribution in [3.63, 3.8) is 0 Å². The molecule has 0 aromatic heterocycles. The zero-order valence-corrected chi connectivity index (χ0v) is 19.1. The normalized spacial score (nSPS) is 21.1. The molecular formula is C21H35IN4O. The van der Waals surface area contributed by atoms with Crippen molar-refractivity contribution >= 4 is 29.9 Å². The van der Waals surface area contributed by atoms with E-state index in [9.17, 15) is 0 Å². The standard InChI is InChI=1S/C21H34N4O.HI/c1-22-21(23-14-5-6-17-9-11-20(26-2)12-10-17)24-18-13-15-25(16-18)19-7-3-4-8-19;/h9-12,18-19H,3-8,13-16H2,1-2H3,(H2,22,23,24);1H. The lowest BCUT2D eigenvalue weighted by Gasteiger charge is -2.24. The number of ether oxygens (including phenoxy) is 1. The molecule has 27 heavy (non-hydrogen) atoms. The summed E-state index contributed by atoms with van der Waals surface area (Å²) in [6, 6.07) is 9.70. The Morgan fingerprint density at radius 3 is 2.59 bits per heavy atom. The average molecular weight is 486 g/mol. The minimum atomic E-state index is 0. The summed E-state index contributed by atoms with van der Waals surface area (Å²) in [7, 11) is 3.57. The molecule has 6 heteroatoms. The van der Waals surface area contributed by atoms with Crippen LogP contribution in [0.3, 0.4) is 0 Å². The first-order chi connectivity index (χ1) is 12.8. The van der Waals surface area contributed by atoms with E-state index in [4.69, 9.17) is 4.74 Å². The molecule has 2 fully saturated rings. The number of nitrogens with one attached hydrogen (secondary N) is 2. The van der Waals surface area contributed by atoms with E-state index in [1.54, 1.807) is 7.11 Å². The van der Waals surface area contributed by atoms with Crippen LogP contribution in [0.4, 0.5) is 0 Å². The van der Waals surface area contributed by atoms with Gasteiger partial charge in [-0.25, -0.2) is 0 Å². The highest BCUT2D eigenvalue weighted by atomic mass is 127. The van der Waals surface area contributed by atoms with Crippen LogP contribution in [-0.4, -0.2) is 56.7 Å². The van der Waals surface area contributed by atoms with E-state index in [-0.39, 0.29) is 24.0 Å². The Morgan fingerprint density at radius 1 is 1.19 bits per heavy atom. The number of methoxy groups -OCH3 is 1. The quantitative estimate of drug-likeness (QED) is 0.269. The Balaban J connectivity index is 0.00000261. The topological polar surface area (TPSA) is 48.9 Å². The number of aliphatic imine (C=N–C) groups is 1. The summed E-state index contributed by atoms with van der Waals surface area (Å²) in [6.07, 6.45) is 8.99. The Morgan fingerprint density at radius 2 is 1.93 bits per heavy atom. The van der Waals surface area contributed by atoms with Gasteiger partial charge < -0.3 is 15.4 Å². The third-order valence-electron chi connectivity index (χ3n) is 5.72. The van der Waals surface area contributed by atoms with Crippen LogP contribution < -0.4 is 15.4 Å². The van der Waals surface area contributed by atoms with Gasteiger partial charge in [-0.1, -0.05) is 25.0 Å². The maximum atomic E-state index is 5.20. The molecule has 2 aliphatic rings. The van der Waals surface area contributed by atoms with Crippen LogP contribution in [0.5, 0.6) is 5.75 Å². The molecule has 1 aromatic carbocycles. The summed E-state index contributed by atoms with van der Waals surface area (Å²) in [4.78, 5) is 7.08. The first-order valence-corrected chi connectivity index (χ1v) is 10.1. The highest BCUT2D eigenvalue weighted by Gasteiger charge is 2.30. The largest absolute Gasteiger partial charge is 0.497 e. The van der Waals surface area contributed by atoms with Gasteiger partial charge in [-0.3, -0.25) is 9.89 Å². The van der Waals surface area contributed by atoms with E-state index in [0.29, 0.717) is 6.04 Å². The second kappa shape index (κ2) is 11.7. The number of hydrogen-bond donors (Lipinski definition) is 2. The van der Waals surface area contributed by atoms with Gasteiger partial charge in [0.05, 0.1) is 7.11 Å². The summed E-state index contributed by atoms with van der Waals surface area (Å²) < 4.78 is 5.20. The van der Waals surface area contributed by atoms with Crippen LogP contribution in [-0.2, 0) is 6.42 Å². The van der Waals surface area contributed by atoms with E-state index in [1.807, 2.05) is 19.2 Å². The van der Waals surface area contributed by atoms with Gasteiger partial charge in [-0.15, -0.1) is 24.0 Å². The molecule has 1 atom stereocenters. The fourth-order valence-corrected chi connectivity index (χ4v) is 4.19. The molecule has 1 heterocycles. The summed E-state index contributed by atoms with van der Waals surface area (Å²) >= 11 is 0. The SMILES string of the molecule is CN=C(NCCCc1ccc(OC)cc1)NC1CCN(C2CCCC2)C1.I. The van der Waals surface area contributed by atoms with Crippen molar-refractivity contribution in [2.45, 2.75) is 57.0 Å². The van der Waals surface area contributed by atoms with Gasteiger partial charge in [0.15, 0.2) is 5.96 Å². The molecule has 3 rings (SSSR count). The second-order valence-corrected chi connectivity index (χ2v) is 7.51. The summed E-state index contributed by atoms with van der Waals surface area (Å²) in [6.45, 7) is 3.33. The number of nitrogens with zero attached hydrogens (tertiary/aromatic N) is 2. The molecule has 0 spiro atoms. The van der Waals surface area contributed by atoms with Crippen molar-refractivity contribution in [3.8, 4) is 5.75 Å². The Hall–Kier alpha value is -1.02. The van der Waals surface area contributed by atoms with E-state index >= 15 is 0 Å². The first kappa shape index (κ1) is 22.3. The fourth-order valence-electron chi connectivity index (χ4n) is 4.19. The molecule has 0 radical (unpaired) electrons. The molecular weight excluding hydrogens is 451 g/mol. The predicted octanol–water partition coefficient (Wildman–Crippen LogP) is 3.43. The number of guanidine groups is 1. The van der Waals surface area contributed by atoms with Crippen molar-refractivity contribution in [2.75, 3.05) is 33.8 Å². The van der Waals surface area contributed by atoms with Crippen LogP contribution >= 0.6 is 24.0 Å². The van der Waals surface area contributed by atoms with Gasteiger partial charge >= 0.3 is 0 Å². The molecule has 2 N–H and O–H groups in total. The van der Waals surface area contributed by atoms with Crippen LogP contribution in [0.1, 0.15) is 44.1 Å². The van der Waals surface area contributed by atoms with Crippen LogP contribution in [0.2, 0.25) is 0 Å². The number of halogens is 1. The third-order valence-corrected chi connectivity index (χ3v) is 5.72. The van der Waals surface area contributed by atoms with E-state index in [2.05, 4.69) is 32.7 Å². The Labute approximate surface area is 181 Å². The maximum Gasteiger partial charge on any atom is 0.191 e. The summed E-state index contributed by atoms with van der Waals surface area (Å²) in [5, 5.41) is 7.08. The van der Waals surface area contributed by atoms with Crippen LogP contribution in [0.25, 0.3) is 0 Å². The Kier molecular flexibility index (Phi) is 9.68. The number of rotatable bonds is 7. The van der Waals surface area contributed by atoms with Gasteiger partial charge in [0.2, 0.25) is 0 Å². The average Bonchev–Trinajstić information content (AvgIpc) is 3.36. The molecule has 0 bridgehead atoms. The summed E-state index contributed by atoms with van der Waals surface area (Å²) in [5.41, 5.74) is 1.35. The van der Waals surface area contributed by atoms with Gasteiger partial charge in [0, 0.05) is 38.8 Å². The molecule has 1 aromatic rings. The smallest absolute Gasteiger partial charge is 0.191 e. The van der Waals surface area contributed by atoms with Gasteiger partial charge in [0.25, 0.3) is 0 Å². The highest BCUT2D eigenvalue weighted by Crippen LogP contribution is 2.26. The zero-order chi connectivity index (χ0) is 18.2. The third kappa shape index (κ3) is 6.82. The second-order valence-electron chi connectivity index (χ2n) is 7.51. The highest BCUT2D eigenvalue weighted by molar-refractivity contribution is 14.0. The molecule has 1 unspecified atom stereocenters. The predicted molar refractivity (Wildman–Crippen MR) is 123 cm³/mol. The number of benzene rings is 1. The molecule has 1 aliphatic carbocycles. The Bertz CT molecular complexity index is 572. The first-order valence-electron chi connectivity index (χ1n) is 10.1. The van der Waals surface area contributed by atoms with E-state index in [1.165, 1.54) is 44.2 Å². The van der Waals surface area contributed by atoms with Crippen LogP contribution in [0, 0.1) is 0 Å².